The van der Waals surface area contributed by atoms with Crippen molar-refractivity contribution in [3.05, 3.63) is 59.4 Å². The molecular weight excluding hydrogens is 288 g/mol. The van der Waals surface area contributed by atoms with Gasteiger partial charge in [-0.1, -0.05) is 35.9 Å². The lowest BCUT2D eigenvalue weighted by molar-refractivity contribution is 0.102. The zero-order valence-electron chi connectivity index (χ0n) is 10.9. The van der Waals surface area contributed by atoms with Gasteiger partial charge in [-0.25, -0.2) is 9.97 Å². The molecule has 6 heteroatoms. The summed E-state index contributed by atoms with van der Waals surface area (Å²) in [5.74, 6) is 0.363. The van der Waals surface area contributed by atoms with Crippen molar-refractivity contribution in [2.45, 2.75) is 0 Å². The lowest BCUT2D eigenvalue weighted by atomic mass is 10.1. The number of benzene rings is 1. The number of anilines is 2. The van der Waals surface area contributed by atoms with Gasteiger partial charge in [0.25, 0.3) is 5.91 Å². The molecule has 104 valence electrons. The first kappa shape index (κ1) is 13.3. The van der Waals surface area contributed by atoms with Crippen LogP contribution in [0.15, 0.2) is 48.8 Å². The van der Waals surface area contributed by atoms with E-state index < -0.39 is 0 Å². The molecule has 5 nitrogen and oxygen atoms in total. The van der Waals surface area contributed by atoms with Crippen LogP contribution < -0.4 is 11.1 Å². The van der Waals surface area contributed by atoms with E-state index in [1.54, 1.807) is 18.3 Å². The van der Waals surface area contributed by atoms with E-state index in [9.17, 15) is 4.79 Å². The largest absolute Gasteiger partial charge is 0.383 e. The Hall–Kier alpha value is -2.66. The van der Waals surface area contributed by atoms with Crippen molar-refractivity contribution in [3.8, 4) is 0 Å². The Morgan fingerprint density at radius 1 is 1.10 bits per heavy atom. The molecule has 0 spiro atoms. The molecule has 0 saturated heterocycles. The fourth-order valence-electron chi connectivity index (χ4n) is 2.05. The van der Waals surface area contributed by atoms with Crippen molar-refractivity contribution in [2.75, 3.05) is 11.1 Å². The average molecular weight is 299 g/mol. The van der Waals surface area contributed by atoms with Gasteiger partial charge in [-0.15, -0.1) is 0 Å². The molecule has 0 saturated carbocycles. The molecule has 21 heavy (non-hydrogen) atoms. The number of carbonyl (C=O) groups excluding carboxylic acids is 1. The number of hydrogen-bond donors (Lipinski definition) is 2. The highest BCUT2D eigenvalue weighted by molar-refractivity contribution is 6.33. The third-order valence-corrected chi connectivity index (χ3v) is 3.37. The summed E-state index contributed by atoms with van der Waals surface area (Å²) < 4.78 is 0. The second-order valence-corrected chi connectivity index (χ2v) is 4.80. The Morgan fingerprint density at radius 3 is 2.62 bits per heavy atom. The van der Waals surface area contributed by atoms with E-state index in [0.717, 1.165) is 10.8 Å². The number of halogens is 1. The Morgan fingerprint density at radius 2 is 1.86 bits per heavy atom. The van der Waals surface area contributed by atoms with E-state index >= 15 is 0 Å². The first-order chi connectivity index (χ1) is 10.2. The van der Waals surface area contributed by atoms with Crippen LogP contribution in [0.5, 0.6) is 0 Å². The number of hydrogen-bond acceptors (Lipinski definition) is 4. The number of amides is 1. The highest BCUT2D eigenvalue weighted by Gasteiger charge is 2.14. The van der Waals surface area contributed by atoms with E-state index in [4.69, 9.17) is 17.3 Å². The highest BCUT2D eigenvalue weighted by Crippen LogP contribution is 2.24. The number of nitrogens with one attached hydrogen (secondary N) is 1. The van der Waals surface area contributed by atoms with Crippen molar-refractivity contribution in [1.82, 2.24) is 9.97 Å². The van der Waals surface area contributed by atoms with E-state index in [2.05, 4.69) is 15.3 Å². The van der Waals surface area contributed by atoms with Crippen molar-refractivity contribution in [2.24, 2.45) is 0 Å². The highest BCUT2D eigenvalue weighted by atomic mass is 35.5. The molecule has 0 unspecified atom stereocenters. The molecular formula is C15H11ClN4O. The van der Waals surface area contributed by atoms with Gasteiger partial charge in [0, 0.05) is 17.8 Å². The van der Waals surface area contributed by atoms with Gasteiger partial charge in [0.15, 0.2) is 5.82 Å². The van der Waals surface area contributed by atoms with Crippen molar-refractivity contribution < 1.29 is 4.79 Å². The number of fused-ring (bicyclic) bond motifs is 1. The van der Waals surface area contributed by atoms with Gasteiger partial charge in [0.2, 0.25) is 0 Å². The fourth-order valence-corrected chi connectivity index (χ4v) is 2.22. The topological polar surface area (TPSA) is 80.9 Å². The van der Waals surface area contributed by atoms with E-state index in [-0.39, 0.29) is 5.91 Å². The van der Waals surface area contributed by atoms with Crippen LogP contribution >= 0.6 is 11.6 Å². The minimum atomic E-state index is -0.334. The molecule has 1 aromatic carbocycles. The van der Waals surface area contributed by atoms with Gasteiger partial charge in [-0.2, -0.15) is 0 Å². The SMILES string of the molecule is Nc1ncc(C(=O)Nc2ncccc2Cl)c2ccccc12. The Balaban J connectivity index is 2.03. The normalized spacial score (nSPS) is 10.5. The maximum Gasteiger partial charge on any atom is 0.259 e. The maximum absolute atomic E-state index is 12.4. The van der Waals surface area contributed by atoms with Crippen LogP contribution in [0.1, 0.15) is 10.4 Å². The van der Waals surface area contributed by atoms with Crippen LogP contribution in [0, 0.1) is 0 Å². The van der Waals surface area contributed by atoms with Gasteiger partial charge >= 0.3 is 0 Å². The summed E-state index contributed by atoms with van der Waals surface area (Å²) in [7, 11) is 0. The first-order valence-corrected chi connectivity index (χ1v) is 6.59. The number of rotatable bonds is 2. The number of aromatic nitrogens is 2. The minimum Gasteiger partial charge on any atom is -0.383 e. The number of nitrogens with two attached hydrogens (primary N) is 1. The number of nitrogens with zero attached hydrogens (tertiary/aromatic N) is 2. The quantitative estimate of drug-likeness (QED) is 0.761. The van der Waals surface area contributed by atoms with Crippen LogP contribution in [-0.4, -0.2) is 15.9 Å². The van der Waals surface area contributed by atoms with E-state index in [1.807, 2.05) is 24.3 Å². The number of nitrogen functional groups attached to an aromatic ring is 1. The van der Waals surface area contributed by atoms with Crippen LogP contribution in [0.25, 0.3) is 10.8 Å². The molecule has 0 bridgehead atoms. The van der Waals surface area contributed by atoms with Crippen molar-refractivity contribution >= 4 is 39.9 Å². The fraction of sp³-hybridized carbons (Fsp3) is 0. The van der Waals surface area contributed by atoms with E-state index in [0.29, 0.717) is 22.2 Å². The summed E-state index contributed by atoms with van der Waals surface area (Å²) in [6.07, 6.45) is 3.00. The van der Waals surface area contributed by atoms with Crippen LogP contribution in [-0.2, 0) is 0 Å². The van der Waals surface area contributed by atoms with Gasteiger partial charge in [0.05, 0.1) is 10.6 Å². The van der Waals surface area contributed by atoms with E-state index in [1.165, 1.54) is 6.20 Å². The van der Waals surface area contributed by atoms with Crippen LogP contribution in [0.3, 0.4) is 0 Å². The zero-order valence-corrected chi connectivity index (χ0v) is 11.6. The summed E-state index contributed by atoms with van der Waals surface area (Å²) in [6.45, 7) is 0. The monoisotopic (exact) mass is 298 g/mol. The summed E-state index contributed by atoms with van der Waals surface area (Å²) in [5, 5.41) is 4.51. The van der Waals surface area contributed by atoms with Crippen molar-refractivity contribution in [3.63, 3.8) is 0 Å². The zero-order chi connectivity index (χ0) is 14.8. The third-order valence-electron chi connectivity index (χ3n) is 3.06. The molecule has 1 amide bonds. The molecule has 2 aromatic heterocycles. The summed E-state index contributed by atoms with van der Waals surface area (Å²) in [5.41, 5.74) is 6.24. The molecule has 3 N–H and O–H groups in total. The summed E-state index contributed by atoms with van der Waals surface area (Å²) >= 11 is 5.99. The molecule has 3 aromatic rings. The second kappa shape index (κ2) is 5.38. The molecule has 0 atom stereocenters. The molecule has 0 radical (unpaired) electrons. The molecule has 0 fully saturated rings. The molecule has 0 aliphatic carbocycles. The summed E-state index contributed by atoms with van der Waals surface area (Å²) in [4.78, 5) is 20.5. The minimum absolute atomic E-state index is 0.310. The first-order valence-electron chi connectivity index (χ1n) is 6.22. The van der Waals surface area contributed by atoms with Gasteiger partial charge in [0.1, 0.15) is 5.82 Å². The molecule has 0 aliphatic rings. The van der Waals surface area contributed by atoms with Crippen LogP contribution in [0.2, 0.25) is 5.02 Å². The lowest BCUT2D eigenvalue weighted by Gasteiger charge is -2.09. The predicted molar refractivity (Wildman–Crippen MR) is 83.4 cm³/mol. The Bertz CT molecular complexity index is 835. The third kappa shape index (κ3) is 2.51. The predicted octanol–water partition coefficient (Wildman–Crippen LogP) is 3.12. The Labute approximate surface area is 125 Å². The number of pyridine rings is 2. The van der Waals surface area contributed by atoms with Gasteiger partial charge in [-0.3, -0.25) is 4.79 Å². The molecule has 0 aliphatic heterocycles. The lowest BCUT2D eigenvalue weighted by Crippen LogP contribution is -2.14. The second-order valence-electron chi connectivity index (χ2n) is 4.39. The molecule has 3 rings (SSSR count). The maximum atomic E-state index is 12.4. The van der Waals surface area contributed by atoms with Gasteiger partial charge in [-0.05, 0) is 17.5 Å². The summed E-state index contributed by atoms with van der Waals surface area (Å²) in [6, 6.07) is 10.7. The number of carbonyl (C=O) groups is 1. The standard InChI is InChI=1S/C15H11ClN4O/c16-12-6-3-7-18-14(12)20-15(21)11-8-19-13(17)10-5-2-1-4-9(10)11/h1-8H,(H2,17,19)(H,18,20,21). The van der Waals surface area contributed by atoms with Gasteiger partial charge < -0.3 is 11.1 Å². The van der Waals surface area contributed by atoms with Crippen LogP contribution in [0.4, 0.5) is 11.6 Å². The Kier molecular flexibility index (Phi) is 3.41. The average Bonchev–Trinajstić information content (AvgIpc) is 2.50. The van der Waals surface area contributed by atoms with Crippen molar-refractivity contribution in [1.29, 1.82) is 0 Å². The smallest absolute Gasteiger partial charge is 0.259 e. The molecule has 2 heterocycles.